The zero-order valence-corrected chi connectivity index (χ0v) is 10.7. The van der Waals surface area contributed by atoms with Crippen LogP contribution in [0.1, 0.15) is 11.3 Å². The standard InChI is InChI=1S/C12H13F2N3S/c1-17(5-9-6-18-7-16-9)12-10(13)2-8(4-15)3-11(12)14/h2-3,6-7H,4-5,15H2,1H3. The average Bonchev–Trinajstić information content (AvgIpc) is 2.80. The molecule has 0 aliphatic heterocycles. The fourth-order valence-electron chi connectivity index (χ4n) is 1.74. The predicted octanol–water partition coefficient (Wildman–Crippen LogP) is 2.52. The van der Waals surface area contributed by atoms with Crippen molar-refractivity contribution in [3.05, 3.63) is 45.9 Å². The summed E-state index contributed by atoms with van der Waals surface area (Å²) in [7, 11) is 1.63. The lowest BCUT2D eigenvalue weighted by atomic mass is 10.1. The quantitative estimate of drug-likeness (QED) is 0.927. The van der Waals surface area contributed by atoms with Crippen molar-refractivity contribution in [1.29, 1.82) is 0 Å². The minimum Gasteiger partial charge on any atom is -0.364 e. The second-order valence-electron chi connectivity index (χ2n) is 3.95. The summed E-state index contributed by atoms with van der Waals surface area (Å²) in [6.45, 7) is 0.475. The summed E-state index contributed by atoms with van der Waals surface area (Å²) in [6, 6.07) is 2.52. The monoisotopic (exact) mass is 269 g/mol. The molecule has 3 nitrogen and oxygen atoms in total. The highest BCUT2D eigenvalue weighted by Crippen LogP contribution is 2.25. The van der Waals surface area contributed by atoms with Gasteiger partial charge in [-0.15, -0.1) is 11.3 Å². The molecule has 0 aliphatic rings. The molecule has 2 N–H and O–H groups in total. The SMILES string of the molecule is CN(Cc1cscn1)c1c(F)cc(CN)cc1F. The summed E-state index contributed by atoms with van der Waals surface area (Å²) in [5.41, 5.74) is 8.22. The van der Waals surface area contributed by atoms with Gasteiger partial charge < -0.3 is 10.6 Å². The van der Waals surface area contributed by atoms with Crippen molar-refractivity contribution in [2.24, 2.45) is 5.73 Å². The largest absolute Gasteiger partial charge is 0.364 e. The normalized spacial score (nSPS) is 10.7. The van der Waals surface area contributed by atoms with Gasteiger partial charge in [-0.25, -0.2) is 13.8 Å². The van der Waals surface area contributed by atoms with E-state index in [-0.39, 0.29) is 12.2 Å². The summed E-state index contributed by atoms with van der Waals surface area (Å²) in [5.74, 6) is -1.21. The molecule has 1 aromatic heterocycles. The lowest BCUT2D eigenvalue weighted by Crippen LogP contribution is -2.19. The average molecular weight is 269 g/mol. The van der Waals surface area contributed by atoms with Gasteiger partial charge in [0.15, 0.2) is 0 Å². The third kappa shape index (κ3) is 2.65. The third-order valence-corrected chi connectivity index (χ3v) is 3.21. The van der Waals surface area contributed by atoms with E-state index >= 15 is 0 Å². The van der Waals surface area contributed by atoms with Crippen LogP contribution in [0.5, 0.6) is 0 Å². The topological polar surface area (TPSA) is 42.2 Å². The van der Waals surface area contributed by atoms with Crippen molar-refractivity contribution < 1.29 is 8.78 Å². The van der Waals surface area contributed by atoms with Crippen LogP contribution in [0.25, 0.3) is 0 Å². The molecule has 0 aliphatic carbocycles. The number of rotatable bonds is 4. The number of anilines is 1. The third-order valence-electron chi connectivity index (χ3n) is 2.58. The van der Waals surface area contributed by atoms with E-state index in [4.69, 9.17) is 5.73 Å². The van der Waals surface area contributed by atoms with Crippen LogP contribution in [0.4, 0.5) is 14.5 Å². The van der Waals surface area contributed by atoms with E-state index in [2.05, 4.69) is 4.98 Å². The number of nitrogens with two attached hydrogens (primary N) is 1. The van der Waals surface area contributed by atoms with E-state index < -0.39 is 11.6 Å². The van der Waals surface area contributed by atoms with Gasteiger partial charge in [0.05, 0.1) is 17.7 Å². The molecule has 6 heteroatoms. The van der Waals surface area contributed by atoms with Crippen LogP contribution in [0, 0.1) is 11.6 Å². The van der Waals surface area contributed by atoms with E-state index in [0.29, 0.717) is 12.1 Å². The molecule has 1 aromatic carbocycles. The second-order valence-corrected chi connectivity index (χ2v) is 4.67. The van der Waals surface area contributed by atoms with Crippen molar-refractivity contribution in [2.45, 2.75) is 13.1 Å². The van der Waals surface area contributed by atoms with Crippen LogP contribution < -0.4 is 10.6 Å². The zero-order chi connectivity index (χ0) is 13.1. The molecule has 0 bridgehead atoms. The molecular weight excluding hydrogens is 256 g/mol. The Kier molecular flexibility index (Phi) is 3.88. The molecule has 0 fully saturated rings. The van der Waals surface area contributed by atoms with Gasteiger partial charge in [-0.1, -0.05) is 0 Å². The molecule has 0 radical (unpaired) electrons. The van der Waals surface area contributed by atoms with Crippen molar-refractivity contribution in [2.75, 3.05) is 11.9 Å². The summed E-state index contributed by atoms with van der Waals surface area (Å²) in [4.78, 5) is 5.59. The molecule has 0 spiro atoms. The smallest absolute Gasteiger partial charge is 0.149 e. The zero-order valence-electron chi connectivity index (χ0n) is 9.86. The van der Waals surface area contributed by atoms with Gasteiger partial charge in [-0.3, -0.25) is 0 Å². The molecule has 0 unspecified atom stereocenters. The van der Waals surface area contributed by atoms with Crippen LogP contribution in [0.3, 0.4) is 0 Å². The molecule has 2 aromatic rings. The first-order valence-corrected chi connectivity index (χ1v) is 6.32. The highest BCUT2D eigenvalue weighted by Gasteiger charge is 2.15. The summed E-state index contributed by atoms with van der Waals surface area (Å²) < 4.78 is 27.6. The molecule has 96 valence electrons. The Hall–Kier alpha value is -1.53. The molecule has 0 amide bonds. The number of thiazole rings is 1. The van der Waals surface area contributed by atoms with E-state index in [1.54, 1.807) is 12.6 Å². The van der Waals surface area contributed by atoms with Crippen LogP contribution in [0.2, 0.25) is 0 Å². The van der Waals surface area contributed by atoms with E-state index in [9.17, 15) is 8.78 Å². The summed E-state index contributed by atoms with van der Waals surface area (Å²) in [6.07, 6.45) is 0. The van der Waals surface area contributed by atoms with Crippen molar-refractivity contribution in [3.63, 3.8) is 0 Å². The molecular formula is C12H13F2N3S. The number of aromatic nitrogens is 1. The number of nitrogens with zero attached hydrogens (tertiary/aromatic N) is 2. The number of halogens is 2. The first kappa shape index (κ1) is 12.9. The molecule has 0 saturated heterocycles. The second kappa shape index (κ2) is 5.41. The Labute approximate surface area is 108 Å². The van der Waals surface area contributed by atoms with Crippen LogP contribution in [-0.2, 0) is 13.1 Å². The maximum absolute atomic E-state index is 13.8. The predicted molar refractivity (Wildman–Crippen MR) is 68.5 cm³/mol. The Morgan fingerprint density at radius 2 is 2.00 bits per heavy atom. The molecule has 18 heavy (non-hydrogen) atoms. The van der Waals surface area contributed by atoms with Crippen molar-refractivity contribution in [1.82, 2.24) is 4.98 Å². The molecule has 2 rings (SSSR count). The first-order valence-electron chi connectivity index (χ1n) is 5.38. The highest BCUT2D eigenvalue weighted by atomic mass is 32.1. The van der Waals surface area contributed by atoms with Crippen LogP contribution in [-0.4, -0.2) is 12.0 Å². The maximum Gasteiger partial charge on any atom is 0.149 e. The van der Waals surface area contributed by atoms with Gasteiger partial charge >= 0.3 is 0 Å². The Morgan fingerprint density at radius 3 is 2.50 bits per heavy atom. The number of hydrogen-bond donors (Lipinski definition) is 1. The molecule has 0 atom stereocenters. The number of benzene rings is 1. The minimum atomic E-state index is -0.604. The summed E-state index contributed by atoms with van der Waals surface area (Å²) in [5, 5.41) is 1.85. The van der Waals surface area contributed by atoms with Gasteiger partial charge in [0.2, 0.25) is 0 Å². The molecule has 0 saturated carbocycles. The lowest BCUT2D eigenvalue weighted by molar-refractivity contribution is 0.573. The van der Waals surface area contributed by atoms with Crippen molar-refractivity contribution in [3.8, 4) is 0 Å². The minimum absolute atomic E-state index is 0.0554. The fourth-order valence-corrected chi connectivity index (χ4v) is 2.29. The van der Waals surface area contributed by atoms with Crippen LogP contribution in [0.15, 0.2) is 23.0 Å². The molecule has 1 heterocycles. The van der Waals surface area contributed by atoms with E-state index in [1.165, 1.54) is 28.4 Å². The van der Waals surface area contributed by atoms with Crippen molar-refractivity contribution >= 4 is 17.0 Å². The highest BCUT2D eigenvalue weighted by molar-refractivity contribution is 7.07. The first-order chi connectivity index (χ1) is 8.61. The Morgan fingerprint density at radius 1 is 1.33 bits per heavy atom. The Bertz CT molecular complexity index is 505. The van der Waals surface area contributed by atoms with Gasteiger partial charge in [0.1, 0.15) is 17.3 Å². The summed E-state index contributed by atoms with van der Waals surface area (Å²) >= 11 is 1.45. The van der Waals surface area contributed by atoms with Gasteiger partial charge in [-0.2, -0.15) is 0 Å². The van der Waals surface area contributed by atoms with Gasteiger partial charge in [-0.05, 0) is 17.7 Å². The number of hydrogen-bond acceptors (Lipinski definition) is 4. The fraction of sp³-hybridized carbons (Fsp3) is 0.250. The van der Waals surface area contributed by atoms with E-state index in [0.717, 1.165) is 5.69 Å². The lowest BCUT2D eigenvalue weighted by Gasteiger charge is -2.20. The van der Waals surface area contributed by atoms with Gasteiger partial charge in [0, 0.05) is 19.0 Å². The van der Waals surface area contributed by atoms with E-state index in [1.807, 2.05) is 5.38 Å². The Balaban J connectivity index is 2.27. The van der Waals surface area contributed by atoms with Gasteiger partial charge in [0.25, 0.3) is 0 Å². The van der Waals surface area contributed by atoms with Crippen LogP contribution >= 0.6 is 11.3 Å². The maximum atomic E-state index is 13.8.